The maximum absolute atomic E-state index is 9.03. The molecule has 0 bridgehead atoms. The Kier molecular flexibility index (Phi) is 3.47. The molecule has 92 valence electrons. The molecule has 1 heterocycles. The third-order valence-corrected chi connectivity index (χ3v) is 2.81. The second kappa shape index (κ2) is 5.05. The number of benzene rings is 1. The van der Waals surface area contributed by atoms with Crippen LogP contribution in [0.1, 0.15) is 30.9 Å². The van der Waals surface area contributed by atoms with Crippen LogP contribution in [0.25, 0.3) is 11.3 Å². The Labute approximate surface area is 107 Å². The van der Waals surface area contributed by atoms with Crippen LogP contribution < -0.4 is 0 Å². The van der Waals surface area contributed by atoms with Crippen LogP contribution in [-0.4, -0.2) is 9.97 Å². The zero-order valence-electron chi connectivity index (χ0n) is 11.0. The Morgan fingerprint density at radius 1 is 1.28 bits per heavy atom. The molecule has 0 unspecified atom stereocenters. The first-order valence-electron chi connectivity index (χ1n) is 6.16. The van der Waals surface area contributed by atoms with Crippen LogP contribution in [0.4, 0.5) is 0 Å². The van der Waals surface area contributed by atoms with Gasteiger partial charge in [-0.05, 0) is 24.8 Å². The van der Waals surface area contributed by atoms with E-state index in [9.17, 15) is 0 Å². The van der Waals surface area contributed by atoms with Gasteiger partial charge < -0.3 is 4.98 Å². The largest absolute Gasteiger partial charge is 0.341 e. The summed E-state index contributed by atoms with van der Waals surface area (Å²) in [5.74, 6) is 1.42. The first-order valence-corrected chi connectivity index (χ1v) is 6.16. The number of nitrogens with one attached hydrogen (secondary N) is 1. The number of nitriles is 1. The van der Waals surface area contributed by atoms with Crippen molar-refractivity contribution in [2.24, 2.45) is 5.92 Å². The number of aryl methyl sites for hydroxylation is 1. The lowest BCUT2D eigenvalue weighted by Crippen LogP contribution is -1.93. The van der Waals surface area contributed by atoms with Crippen molar-refractivity contribution in [3.8, 4) is 17.3 Å². The number of imidazole rings is 1. The molecule has 0 spiro atoms. The average Bonchev–Trinajstić information content (AvgIpc) is 2.71. The van der Waals surface area contributed by atoms with E-state index in [2.05, 4.69) is 42.0 Å². The summed E-state index contributed by atoms with van der Waals surface area (Å²) >= 11 is 0. The molecule has 2 aromatic rings. The summed E-state index contributed by atoms with van der Waals surface area (Å²) < 4.78 is 0. The van der Waals surface area contributed by atoms with Crippen LogP contribution in [0.15, 0.2) is 24.3 Å². The Balaban J connectivity index is 2.32. The first-order chi connectivity index (χ1) is 8.60. The summed E-state index contributed by atoms with van der Waals surface area (Å²) in [4.78, 5) is 7.30. The molecule has 1 aromatic carbocycles. The zero-order valence-corrected chi connectivity index (χ0v) is 11.0. The lowest BCUT2D eigenvalue weighted by atomic mass is 10.0. The quantitative estimate of drug-likeness (QED) is 0.891. The highest BCUT2D eigenvalue weighted by Crippen LogP contribution is 2.22. The first kappa shape index (κ1) is 12.4. The molecule has 0 aliphatic heterocycles. The molecule has 18 heavy (non-hydrogen) atoms. The minimum absolute atomic E-state index is 0.462. The molecule has 3 heteroatoms. The van der Waals surface area contributed by atoms with Gasteiger partial charge in [0, 0.05) is 5.56 Å². The normalized spacial score (nSPS) is 10.6. The van der Waals surface area contributed by atoms with E-state index in [1.807, 2.05) is 19.1 Å². The van der Waals surface area contributed by atoms with Gasteiger partial charge in [-0.15, -0.1) is 0 Å². The summed E-state index contributed by atoms with van der Waals surface area (Å²) in [5.41, 5.74) is 3.61. The Bertz CT molecular complexity index is 571. The van der Waals surface area contributed by atoms with Crippen molar-refractivity contribution in [1.82, 2.24) is 9.97 Å². The van der Waals surface area contributed by atoms with Gasteiger partial charge in [0.25, 0.3) is 0 Å². The van der Waals surface area contributed by atoms with Gasteiger partial charge in [0.15, 0.2) is 5.69 Å². The summed E-state index contributed by atoms with van der Waals surface area (Å²) in [7, 11) is 0. The Morgan fingerprint density at radius 2 is 1.94 bits per heavy atom. The van der Waals surface area contributed by atoms with Crippen LogP contribution in [0.3, 0.4) is 0 Å². The minimum Gasteiger partial charge on any atom is -0.341 e. The number of H-pyrrole nitrogens is 1. The summed E-state index contributed by atoms with van der Waals surface area (Å²) in [6.07, 6.45) is 1.08. The van der Waals surface area contributed by atoms with Gasteiger partial charge in [-0.2, -0.15) is 5.26 Å². The molecule has 2 rings (SSSR count). The van der Waals surface area contributed by atoms with E-state index in [0.29, 0.717) is 11.6 Å². The van der Waals surface area contributed by atoms with Crippen LogP contribution in [-0.2, 0) is 6.42 Å². The number of hydrogen-bond acceptors (Lipinski definition) is 2. The van der Waals surface area contributed by atoms with Crippen molar-refractivity contribution in [1.29, 1.82) is 5.26 Å². The SMILES string of the molecule is Cc1nc(C#N)c(-c2ccc(CC(C)C)cc2)[nH]1. The highest BCUT2D eigenvalue weighted by atomic mass is 14.9. The lowest BCUT2D eigenvalue weighted by molar-refractivity contribution is 0.647. The molecule has 0 saturated heterocycles. The highest BCUT2D eigenvalue weighted by molar-refractivity contribution is 5.65. The third-order valence-electron chi connectivity index (χ3n) is 2.81. The van der Waals surface area contributed by atoms with E-state index < -0.39 is 0 Å². The van der Waals surface area contributed by atoms with Crippen molar-refractivity contribution in [3.63, 3.8) is 0 Å². The van der Waals surface area contributed by atoms with Gasteiger partial charge in [0.2, 0.25) is 0 Å². The van der Waals surface area contributed by atoms with Gasteiger partial charge in [-0.1, -0.05) is 38.1 Å². The van der Waals surface area contributed by atoms with Crippen LogP contribution >= 0.6 is 0 Å². The molecule has 3 nitrogen and oxygen atoms in total. The molecule has 0 radical (unpaired) electrons. The molecule has 0 amide bonds. The fraction of sp³-hybridized carbons (Fsp3) is 0.333. The van der Waals surface area contributed by atoms with Crippen LogP contribution in [0.2, 0.25) is 0 Å². The molecule has 0 aliphatic carbocycles. The smallest absolute Gasteiger partial charge is 0.166 e. The third kappa shape index (κ3) is 2.60. The fourth-order valence-electron chi connectivity index (χ4n) is 2.06. The zero-order chi connectivity index (χ0) is 13.1. The fourth-order valence-corrected chi connectivity index (χ4v) is 2.06. The number of rotatable bonds is 3. The molecule has 1 N–H and O–H groups in total. The van der Waals surface area contributed by atoms with E-state index >= 15 is 0 Å². The maximum Gasteiger partial charge on any atom is 0.166 e. The summed E-state index contributed by atoms with van der Waals surface area (Å²) in [5, 5.41) is 9.03. The van der Waals surface area contributed by atoms with Gasteiger partial charge >= 0.3 is 0 Å². The van der Waals surface area contributed by atoms with E-state index in [4.69, 9.17) is 5.26 Å². The van der Waals surface area contributed by atoms with E-state index in [0.717, 1.165) is 23.5 Å². The molecule has 0 atom stereocenters. The number of aromatic nitrogens is 2. The van der Waals surface area contributed by atoms with E-state index in [1.165, 1.54) is 5.56 Å². The van der Waals surface area contributed by atoms with Crippen LogP contribution in [0.5, 0.6) is 0 Å². The van der Waals surface area contributed by atoms with E-state index in [-0.39, 0.29) is 0 Å². The van der Waals surface area contributed by atoms with Gasteiger partial charge in [0.05, 0.1) is 5.69 Å². The number of aromatic amines is 1. The van der Waals surface area contributed by atoms with Gasteiger partial charge in [-0.3, -0.25) is 0 Å². The van der Waals surface area contributed by atoms with Crippen LogP contribution in [0, 0.1) is 24.2 Å². The molecule has 1 aromatic heterocycles. The van der Waals surface area contributed by atoms with E-state index in [1.54, 1.807) is 0 Å². The van der Waals surface area contributed by atoms with Crippen molar-refractivity contribution in [3.05, 3.63) is 41.3 Å². The highest BCUT2D eigenvalue weighted by Gasteiger charge is 2.09. The molecule has 0 aliphatic rings. The Morgan fingerprint density at radius 3 is 2.50 bits per heavy atom. The maximum atomic E-state index is 9.03. The molecular weight excluding hydrogens is 222 g/mol. The van der Waals surface area contributed by atoms with Crippen molar-refractivity contribution in [2.75, 3.05) is 0 Å². The number of hydrogen-bond donors (Lipinski definition) is 1. The summed E-state index contributed by atoms with van der Waals surface area (Å²) in [6.45, 7) is 6.28. The second-order valence-corrected chi connectivity index (χ2v) is 4.95. The monoisotopic (exact) mass is 239 g/mol. The molecular formula is C15H17N3. The standard InChI is InChI=1S/C15H17N3/c1-10(2)8-12-4-6-13(7-5-12)15-14(9-16)17-11(3)18-15/h4-7,10H,8H2,1-3H3,(H,17,18). The lowest BCUT2D eigenvalue weighted by Gasteiger charge is -2.05. The molecule has 0 fully saturated rings. The predicted molar refractivity (Wildman–Crippen MR) is 72.0 cm³/mol. The van der Waals surface area contributed by atoms with Crippen molar-refractivity contribution < 1.29 is 0 Å². The van der Waals surface area contributed by atoms with Crippen molar-refractivity contribution in [2.45, 2.75) is 27.2 Å². The van der Waals surface area contributed by atoms with Gasteiger partial charge in [0.1, 0.15) is 11.9 Å². The van der Waals surface area contributed by atoms with Gasteiger partial charge in [-0.25, -0.2) is 4.98 Å². The minimum atomic E-state index is 0.462. The molecule has 0 saturated carbocycles. The predicted octanol–water partition coefficient (Wildman–Crippen LogP) is 3.46. The average molecular weight is 239 g/mol. The summed E-state index contributed by atoms with van der Waals surface area (Å²) in [6, 6.07) is 10.4. The Hall–Kier alpha value is -2.08. The van der Waals surface area contributed by atoms with Crippen molar-refractivity contribution >= 4 is 0 Å². The second-order valence-electron chi connectivity index (χ2n) is 4.95. The topological polar surface area (TPSA) is 52.5 Å². The number of nitrogens with zero attached hydrogens (tertiary/aromatic N) is 2.